The Morgan fingerprint density at radius 2 is 1.92 bits per heavy atom. The summed E-state index contributed by atoms with van der Waals surface area (Å²) in [5.74, 6) is -1.19. The Morgan fingerprint density at radius 3 is 2.67 bits per heavy atom. The van der Waals surface area contributed by atoms with E-state index >= 15 is 0 Å². The van der Waals surface area contributed by atoms with E-state index in [1.165, 1.54) is 34.7 Å². The van der Waals surface area contributed by atoms with Gasteiger partial charge in [-0.3, -0.25) is 15.1 Å². The number of benzene rings is 1. The molecule has 3 rings (SSSR count). The van der Waals surface area contributed by atoms with Gasteiger partial charge in [0.2, 0.25) is 0 Å². The fourth-order valence-electron chi connectivity index (χ4n) is 2.42. The first-order chi connectivity index (χ1) is 11.5. The van der Waals surface area contributed by atoms with E-state index in [-0.39, 0.29) is 5.56 Å². The molecular weight excluding hydrogens is 325 g/mol. The molecule has 0 fully saturated rings. The molecule has 0 saturated carbocycles. The Labute approximate surface area is 143 Å². The molecule has 0 bridgehead atoms. The summed E-state index contributed by atoms with van der Waals surface area (Å²) in [5, 5.41) is 4.95. The van der Waals surface area contributed by atoms with Crippen LogP contribution in [0.3, 0.4) is 0 Å². The number of aromatic nitrogens is 2. The molecule has 1 aromatic carbocycles. The average Bonchev–Trinajstić information content (AvgIpc) is 2.99. The van der Waals surface area contributed by atoms with Crippen LogP contribution in [-0.2, 0) is 0 Å². The van der Waals surface area contributed by atoms with Crippen molar-refractivity contribution < 1.29 is 9.18 Å². The van der Waals surface area contributed by atoms with Crippen LogP contribution in [0.25, 0.3) is 11.3 Å². The van der Waals surface area contributed by atoms with E-state index in [1.54, 1.807) is 0 Å². The first-order valence-corrected chi connectivity index (χ1v) is 8.28. The summed E-state index contributed by atoms with van der Waals surface area (Å²) in [6.07, 6.45) is 2.39. The average molecular weight is 341 g/mol. The summed E-state index contributed by atoms with van der Waals surface area (Å²) < 4.78 is 13.6. The van der Waals surface area contributed by atoms with Gasteiger partial charge in [0.1, 0.15) is 0 Å². The second-order valence-electron chi connectivity index (χ2n) is 5.60. The Hall–Kier alpha value is -2.60. The molecule has 1 N–H and O–H groups in total. The predicted molar refractivity (Wildman–Crippen MR) is 93.9 cm³/mol. The second kappa shape index (κ2) is 6.49. The summed E-state index contributed by atoms with van der Waals surface area (Å²) in [7, 11) is 0. The van der Waals surface area contributed by atoms with Crippen molar-refractivity contribution in [3.05, 3.63) is 64.0 Å². The Morgan fingerprint density at radius 1 is 1.17 bits per heavy atom. The van der Waals surface area contributed by atoms with Gasteiger partial charge in [0.15, 0.2) is 10.9 Å². The summed E-state index contributed by atoms with van der Waals surface area (Å²) in [6.45, 7) is 6.16. The van der Waals surface area contributed by atoms with Crippen molar-refractivity contribution in [3.63, 3.8) is 0 Å². The summed E-state index contributed by atoms with van der Waals surface area (Å²) in [5.41, 5.74) is 5.32. The standard InChI is InChI=1S/C18H16FN3OS/c1-10-6-12(3)14(7-11(10)2)16-9-24-18(21-16)22-17(23)13-4-5-20-8-15(13)19/h4-9H,1-3H3,(H,21,22,23). The van der Waals surface area contributed by atoms with Crippen LogP contribution in [0.4, 0.5) is 9.52 Å². The monoisotopic (exact) mass is 341 g/mol. The zero-order valence-electron chi connectivity index (χ0n) is 13.6. The summed E-state index contributed by atoms with van der Waals surface area (Å²) in [6, 6.07) is 5.55. The highest BCUT2D eigenvalue weighted by molar-refractivity contribution is 7.14. The fourth-order valence-corrected chi connectivity index (χ4v) is 3.12. The number of halogens is 1. The van der Waals surface area contributed by atoms with Crippen LogP contribution < -0.4 is 5.32 Å². The van der Waals surface area contributed by atoms with Crippen molar-refractivity contribution in [2.75, 3.05) is 5.32 Å². The number of thiazole rings is 1. The molecule has 2 heterocycles. The molecule has 122 valence electrons. The lowest BCUT2D eigenvalue weighted by atomic mass is 9.99. The van der Waals surface area contributed by atoms with Gasteiger partial charge in [0.05, 0.1) is 17.5 Å². The lowest BCUT2D eigenvalue weighted by Gasteiger charge is -2.07. The van der Waals surface area contributed by atoms with Crippen molar-refractivity contribution in [2.24, 2.45) is 0 Å². The van der Waals surface area contributed by atoms with E-state index in [1.807, 2.05) is 12.3 Å². The third kappa shape index (κ3) is 3.19. The van der Waals surface area contributed by atoms with E-state index in [9.17, 15) is 9.18 Å². The number of anilines is 1. The molecule has 0 radical (unpaired) electrons. The first kappa shape index (κ1) is 16.3. The smallest absolute Gasteiger partial charge is 0.260 e. The largest absolute Gasteiger partial charge is 0.298 e. The van der Waals surface area contributed by atoms with Gasteiger partial charge >= 0.3 is 0 Å². The van der Waals surface area contributed by atoms with Crippen LogP contribution in [0.2, 0.25) is 0 Å². The van der Waals surface area contributed by atoms with E-state index < -0.39 is 11.7 Å². The van der Waals surface area contributed by atoms with E-state index in [0.29, 0.717) is 5.13 Å². The van der Waals surface area contributed by atoms with Gasteiger partial charge < -0.3 is 0 Å². The normalized spacial score (nSPS) is 10.7. The number of aryl methyl sites for hydroxylation is 3. The minimum absolute atomic E-state index is 0.0517. The van der Waals surface area contributed by atoms with Crippen molar-refractivity contribution in [2.45, 2.75) is 20.8 Å². The lowest BCUT2D eigenvalue weighted by Crippen LogP contribution is -2.13. The summed E-state index contributed by atoms with van der Waals surface area (Å²) >= 11 is 1.31. The van der Waals surface area contributed by atoms with Crippen molar-refractivity contribution in [3.8, 4) is 11.3 Å². The van der Waals surface area contributed by atoms with E-state index in [4.69, 9.17) is 0 Å². The highest BCUT2D eigenvalue weighted by Gasteiger charge is 2.14. The third-order valence-electron chi connectivity index (χ3n) is 3.86. The van der Waals surface area contributed by atoms with Gasteiger partial charge in [-0.15, -0.1) is 11.3 Å². The third-order valence-corrected chi connectivity index (χ3v) is 4.62. The molecule has 0 aliphatic carbocycles. The number of hydrogen-bond acceptors (Lipinski definition) is 4. The van der Waals surface area contributed by atoms with E-state index in [2.05, 4.69) is 41.3 Å². The molecule has 0 unspecified atom stereocenters. The minimum atomic E-state index is -0.656. The van der Waals surface area contributed by atoms with Crippen molar-refractivity contribution in [1.29, 1.82) is 0 Å². The number of hydrogen-bond donors (Lipinski definition) is 1. The molecule has 6 heteroatoms. The molecule has 4 nitrogen and oxygen atoms in total. The van der Waals surface area contributed by atoms with Crippen LogP contribution in [0.5, 0.6) is 0 Å². The number of rotatable bonds is 3. The van der Waals surface area contributed by atoms with Crippen molar-refractivity contribution in [1.82, 2.24) is 9.97 Å². The molecule has 1 amide bonds. The number of amides is 1. The van der Waals surface area contributed by atoms with Gasteiger partial charge in [-0.25, -0.2) is 9.37 Å². The predicted octanol–water partition coefficient (Wildman–Crippen LogP) is 4.52. The molecular formula is C18H16FN3OS. The van der Waals surface area contributed by atoms with Gasteiger partial charge in [-0.05, 0) is 49.6 Å². The first-order valence-electron chi connectivity index (χ1n) is 7.40. The Kier molecular flexibility index (Phi) is 4.40. The molecule has 0 saturated heterocycles. The van der Waals surface area contributed by atoms with Crippen LogP contribution in [0.15, 0.2) is 36.0 Å². The highest BCUT2D eigenvalue weighted by Crippen LogP contribution is 2.29. The molecule has 2 aromatic heterocycles. The molecule has 0 aliphatic heterocycles. The zero-order chi connectivity index (χ0) is 17.3. The summed E-state index contributed by atoms with van der Waals surface area (Å²) in [4.78, 5) is 20.2. The van der Waals surface area contributed by atoms with Gasteiger partial charge in [0, 0.05) is 17.1 Å². The number of carbonyl (C=O) groups is 1. The Balaban J connectivity index is 1.85. The van der Waals surface area contributed by atoms with E-state index in [0.717, 1.165) is 23.0 Å². The second-order valence-corrected chi connectivity index (χ2v) is 6.46. The van der Waals surface area contributed by atoms with Crippen LogP contribution >= 0.6 is 11.3 Å². The van der Waals surface area contributed by atoms with Gasteiger partial charge in [0.25, 0.3) is 5.91 Å². The maximum absolute atomic E-state index is 13.6. The highest BCUT2D eigenvalue weighted by atomic mass is 32.1. The van der Waals surface area contributed by atoms with Crippen molar-refractivity contribution >= 4 is 22.4 Å². The molecule has 0 atom stereocenters. The molecule has 24 heavy (non-hydrogen) atoms. The molecule has 0 spiro atoms. The quantitative estimate of drug-likeness (QED) is 0.762. The van der Waals surface area contributed by atoms with Crippen LogP contribution in [0.1, 0.15) is 27.0 Å². The topological polar surface area (TPSA) is 54.9 Å². The SMILES string of the molecule is Cc1cc(C)c(-c2csc(NC(=O)c3ccncc3F)n2)cc1C. The van der Waals surface area contributed by atoms with Crippen LogP contribution in [-0.4, -0.2) is 15.9 Å². The zero-order valence-corrected chi connectivity index (χ0v) is 14.4. The van der Waals surface area contributed by atoms with Gasteiger partial charge in [-0.1, -0.05) is 6.07 Å². The number of nitrogens with zero attached hydrogens (tertiary/aromatic N) is 2. The van der Waals surface area contributed by atoms with Crippen LogP contribution in [0, 0.1) is 26.6 Å². The maximum Gasteiger partial charge on any atom is 0.260 e. The number of carbonyl (C=O) groups excluding carboxylic acids is 1. The number of nitrogens with one attached hydrogen (secondary N) is 1. The van der Waals surface area contributed by atoms with Gasteiger partial charge in [-0.2, -0.15) is 0 Å². The fraction of sp³-hybridized carbons (Fsp3) is 0.167. The minimum Gasteiger partial charge on any atom is -0.298 e. The Bertz CT molecular complexity index is 920. The number of pyridine rings is 1. The molecule has 3 aromatic rings. The molecule has 0 aliphatic rings. The lowest BCUT2D eigenvalue weighted by molar-refractivity contribution is 0.102. The maximum atomic E-state index is 13.6.